The molecule has 32 heavy (non-hydrogen) atoms. The fourth-order valence-electron chi connectivity index (χ4n) is 3.26. The second-order valence-corrected chi connectivity index (χ2v) is 6.99. The second kappa shape index (κ2) is 12.4. The third-order valence-corrected chi connectivity index (χ3v) is 5.01. The Balaban J connectivity index is 0.000000564. The molecule has 178 valence electrons. The van der Waals surface area contributed by atoms with Crippen molar-refractivity contribution in [1.82, 2.24) is 5.43 Å². The molecule has 1 unspecified atom stereocenters. The molecule has 0 radical (unpaired) electrons. The van der Waals surface area contributed by atoms with Crippen molar-refractivity contribution in [2.45, 2.75) is 53.1 Å². The van der Waals surface area contributed by atoms with E-state index in [1.54, 1.807) is 0 Å². The average molecular weight is 457 g/mol. The van der Waals surface area contributed by atoms with Crippen molar-refractivity contribution >= 4 is 5.70 Å². The first-order valence-corrected chi connectivity index (χ1v) is 10.2. The second-order valence-electron chi connectivity index (χ2n) is 6.99. The van der Waals surface area contributed by atoms with Crippen molar-refractivity contribution in [2.75, 3.05) is 0 Å². The van der Waals surface area contributed by atoms with E-state index in [1.165, 1.54) is 11.1 Å². The van der Waals surface area contributed by atoms with Crippen LogP contribution in [0, 0.1) is 5.41 Å². The molecule has 0 fully saturated rings. The highest BCUT2D eigenvalue weighted by molar-refractivity contribution is 5.68. The molecule has 2 nitrogen and oxygen atoms in total. The van der Waals surface area contributed by atoms with E-state index in [4.69, 9.17) is 5.84 Å². The normalized spacial score (nSPS) is 12.8. The van der Waals surface area contributed by atoms with Crippen molar-refractivity contribution in [1.29, 1.82) is 0 Å². The summed E-state index contributed by atoms with van der Waals surface area (Å²) < 4.78 is 63.8. The van der Waals surface area contributed by atoms with Crippen LogP contribution < -0.4 is 11.3 Å². The fourth-order valence-corrected chi connectivity index (χ4v) is 3.26. The maximum absolute atomic E-state index is 13.0. The van der Waals surface area contributed by atoms with Crippen LogP contribution in [-0.4, -0.2) is 12.1 Å². The van der Waals surface area contributed by atoms with Crippen molar-refractivity contribution in [2.24, 2.45) is 11.3 Å². The Labute approximate surface area is 188 Å². The summed E-state index contributed by atoms with van der Waals surface area (Å²) in [4.78, 5) is 0. The lowest BCUT2D eigenvalue weighted by atomic mass is 9.73. The molecule has 0 aliphatic heterocycles. The van der Waals surface area contributed by atoms with Crippen molar-refractivity contribution < 1.29 is 22.0 Å². The quantitative estimate of drug-likeness (QED) is 0.200. The number of alkyl halides is 5. The Bertz CT molecular complexity index is 821. The van der Waals surface area contributed by atoms with Gasteiger partial charge in [-0.25, -0.2) is 8.78 Å². The minimum atomic E-state index is -4.98. The van der Waals surface area contributed by atoms with E-state index in [2.05, 4.69) is 42.8 Å². The molecule has 0 spiro atoms. The van der Waals surface area contributed by atoms with Gasteiger partial charge in [-0.1, -0.05) is 94.1 Å². The summed E-state index contributed by atoms with van der Waals surface area (Å²) in [5, 5.41) is 0. The highest BCUT2D eigenvalue weighted by Gasteiger charge is 2.66. The van der Waals surface area contributed by atoms with Gasteiger partial charge in [0.05, 0.1) is 0 Å². The molecule has 0 amide bonds. The molecule has 0 saturated heterocycles. The van der Waals surface area contributed by atoms with E-state index in [9.17, 15) is 22.0 Å². The first-order valence-electron chi connectivity index (χ1n) is 10.2. The standard InChI is InChI=1S/C14H14N2.C9H13F5.C2H6/c1-11(16-15)12-7-9-14(10-8-12)13-5-3-2-4-6-13;1-5-8(6(2)3,7(4,10)11)9(12,13)14;1-2/h2-10,16H,1,15H2;2,5H2,1,3-4H3;1-2H3. The van der Waals surface area contributed by atoms with Gasteiger partial charge in [-0.15, -0.1) is 0 Å². The van der Waals surface area contributed by atoms with Gasteiger partial charge in [0.15, 0.2) is 0 Å². The largest absolute Gasteiger partial charge is 0.403 e. The number of nitrogens with two attached hydrogens (primary N) is 1. The maximum Gasteiger partial charge on any atom is 0.403 e. The molecule has 0 aromatic heterocycles. The van der Waals surface area contributed by atoms with Crippen LogP contribution in [-0.2, 0) is 0 Å². The van der Waals surface area contributed by atoms with Crippen LogP contribution in [0.2, 0.25) is 0 Å². The summed E-state index contributed by atoms with van der Waals surface area (Å²) in [7, 11) is 0. The van der Waals surface area contributed by atoms with E-state index >= 15 is 0 Å². The van der Waals surface area contributed by atoms with Crippen LogP contribution >= 0.6 is 0 Å². The summed E-state index contributed by atoms with van der Waals surface area (Å²) in [6, 6.07) is 18.4. The summed E-state index contributed by atoms with van der Waals surface area (Å²) in [6.45, 7) is 13.2. The van der Waals surface area contributed by atoms with E-state index in [0.717, 1.165) is 25.1 Å². The number of hydrogen-bond acceptors (Lipinski definition) is 2. The molecule has 3 N–H and O–H groups in total. The minimum Gasteiger partial charge on any atom is -0.324 e. The lowest BCUT2D eigenvalue weighted by molar-refractivity contribution is -0.279. The molecule has 2 aromatic carbocycles. The predicted molar refractivity (Wildman–Crippen MR) is 124 cm³/mol. The van der Waals surface area contributed by atoms with Crippen LogP contribution in [0.1, 0.15) is 46.6 Å². The van der Waals surface area contributed by atoms with E-state index < -0.39 is 29.5 Å². The topological polar surface area (TPSA) is 38.0 Å². The molecule has 0 aliphatic rings. The Kier molecular flexibility index (Phi) is 11.4. The summed E-state index contributed by atoms with van der Waals surface area (Å²) in [5.41, 5.74) is 3.00. The van der Waals surface area contributed by atoms with Crippen molar-refractivity contribution in [3.8, 4) is 11.1 Å². The predicted octanol–water partition coefficient (Wildman–Crippen LogP) is 7.99. The van der Waals surface area contributed by atoms with Gasteiger partial charge in [-0.2, -0.15) is 13.2 Å². The fraction of sp³-hybridized carbons (Fsp3) is 0.360. The first-order chi connectivity index (χ1) is 14.8. The number of halogens is 5. The van der Waals surface area contributed by atoms with Crippen LogP contribution in [0.3, 0.4) is 0 Å². The van der Waals surface area contributed by atoms with Crippen LogP contribution in [0.25, 0.3) is 16.8 Å². The smallest absolute Gasteiger partial charge is 0.324 e. The Morgan fingerprint density at radius 3 is 1.59 bits per heavy atom. The molecule has 0 bridgehead atoms. The van der Waals surface area contributed by atoms with Gasteiger partial charge < -0.3 is 5.43 Å². The molecule has 2 rings (SSSR count). The Morgan fingerprint density at radius 2 is 1.31 bits per heavy atom. The number of benzene rings is 2. The molecular formula is C25H33F5N2. The van der Waals surface area contributed by atoms with Gasteiger partial charge >= 0.3 is 6.18 Å². The van der Waals surface area contributed by atoms with E-state index in [1.807, 2.05) is 44.2 Å². The third-order valence-electron chi connectivity index (χ3n) is 5.01. The lowest BCUT2D eigenvalue weighted by Gasteiger charge is -2.40. The monoisotopic (exact) mass is 456 g/mol. The Hall–Kier alpha value is -2.67. The van der Waals surface area contributed by atoms with Crippen LogP contribution in [0.15, 0.2) is 73.3 Å². The molecular weight excluding hydrogens is 423 g/mol. The summed E-state index contributed by atoms with van der Waals surface area (Å²) >= 11 is 0. The van der Waals surface area contributed by atoms with Gasteiger partial charge in [0.25, 0.3) is 5.92 Å². The van der Waals surface area contributed by atoms with Gasteiger partial charge in [0.1, 0.15) is 5.41 Å². The Morgan fingerprint density at radius 1 is 0.875 bits per heavy atom. The molecule has 2 aromatic rings. The van der Waals surface area contributed by atoms with Crippen LogP contribution in [0.4, 0.5) is 22.0 Å². The molecule has 0 aliphatic carbocycles. The molecule has 0 heterocycles. The lowest BCUT2D eigenvalue weighted by Crippen LogP contribution is -2.50. The SMILES string of the molecule is C=C(C)C(CC)(C(C)(F)F)C(F)(F)F.C=C(NN)c1ccc(-c2ccccc2)cc1.CC. The van der Waals surface area contributed by atoms with Gasteiger partial charge in [0.2, 0.25) is 0 Å². The maximum atomic E-state index is 13.0. The highest BCUT2D eigenvalue weighted by atomic mass is 19.4. The zero-order chi connectivity index (χ0) is 25.2. The number of rotatable bonds is 6. The van der Waals surface area contributed by atoms with Gasteiger partial charge in [-0.3, -0.25) is 5.84 Å². The molecule has 1 atom stereocenters. The summed E-state index contributed by atoms with van der Waals surface area (Å²) in [5.74, 6) is 1.45. The highest BCUT2D eigenvalue weighted by Crippen LogP contribution is 2.55. The zero-order valence-electron chi connectivity index (χ0n) is 19.3. The number of hydrogen-bond donors (Lipinski definition) is 2. The average Bonchev–Trinajstić information content (AvgIpc) is 2.74. The van der Waals surface area contributed by atoms with Crippen LogP contribution in [0.5, 0.6) is 0 Å². The summed E-state index contributed by atoms with van der Waals surface area (Å²) in [6.07, 6.45) is -5.69. The van der Waals surface area contributed by atoms with E-state index in [-0.39, 0.29) is 6.92 Å². The van der Waals surface area contributed by atoms with Crippen molar-refractivity contribution in [3.63, 3.8) is 0 Å². The zero-order valence-corrected chi connectivity index (χ0v) is 19.3. The van der Waals surface area contributed by atoms with Crippen molar-refractivity contribution in [3.05, 3.63) is 78.9 Å². The van der Waals surface area contributed by atoms with Gasteiger partial charge in [0, 0.05) is 12.6 Å². The van der Waals surface area contributed by atoms with E-state index in [0.29, 0.717) is 0 Å². The first kappa shape index (κ1) is 29.3. The molecule has 7 heteroatoms. The van der Waals surface area contributed by atoms with Gasteiger partial charge in [-0.05, 0) is 30.0 Å². The number of hydrazine groups is 1. The minimum absolute atomic E-state index is 0.276. The number of nitrogens with one attached hydrogen (secondary N) is 1. The number of allylic oxidation sites excluding steroid dienone is 1. The third kappa shape index (κ3) is 6.92. The molecule has 0 saturated carbocycles.